The molecule has 3 rings (SSSR count). The zero-order chi connectivity index (χ0) is 14.1. The highest BCUT2D eigenvalue weighted by Crippen LogP contribution is 2.35. The fourth-order valence-electron chi connectivity index (χ4n) is 1.78. The van der Waals surface area contributed by atoms with Crippen molar-refractivity contribution in [3.63, 3.8) is 0 Å². The van der Waals surface area contributed by atoms with Gasteiger partial charge in [-0.2, -0.15) is 0 Å². The predicted molar refractivity (Wildman–Crippen MR) is 72.1 cm³/mol. The lowest BCUT2D eigenvalue weighted by Gasteiger charge is -2.07. The lowest BCUT2D eigenvalue weighted by Crippen LogP contribution is -2.04. The van der Waals surface area contributed by atoms with Gasteiger partial charge in [-0.25, -0.2) is 9.78 Å². The number of aromatic carboxylic acids is 1. The number of nitrogens with one attached hydrogen (secondary N) is 1. The Kier molecular flexibility index (Phi) is 3.08. The second-order valence-electron chi connectivity index (χ2n) is 4.03. The first-order valence-corrected chi connectivity index (χ1v) is 6.08. The van der Waals surface area contributed by atoms with Crippen LogP contribution < -0.4 is 14.8 Å². The van der Waals surface area contributed by atoms with Crippen LogP contribution in [0.4, 0.5) is 11.5 Å². The summed E-state index contributed by atoms with van der Waals surface area (Å²) < 4.78 is 10.5. The highest BCUT2D eigenvalue weighted by molar-refractivity contribution is 6.33. The number of carbonyl (C=O) groups is 1. The summed E-state index contributed by atoms with van der Waals surface area (Å²) >= 11 is 5.76. The van der Waals surface area contributed by atoms with E-state index in [1.807, 2.05) is 0 Å². The molecule has 0 fully saturated rings. The van der Waals surface area contributed by atoms with Gasteiger partial charge in [0.15, 0.2) is 17.2 Å². The van der Waals surface area contributed by atoms with E-state index in [0.29, 0.717) is 23.0 Å². The fourth-order valence-corrected chi connectivity index (χ4v) is 1.97. The van der Waals surface area contributed by atoms with Gasteiger partial charge in [0.25, 0.3) is 0 Å². The largest absolute Gasteiger partial charge is 0.476 e. The first kappa shape index (κ1) is 12.6. The van der Waals surface area contributed by atoms with E-state index in [-0.39, 0.29) is 17.5 Å². The lowest BCUT2D eigenvalue weighted by atomic mass is 10.2. The SMILES string of the molecule is O=C(O)c1nc(Nc2ccc3c(c2)OCO3)ccc1Cl. The Morgan fingerprint density at radius 1 is 1.25 bits per heavy atom. The molecule has 2 N–H and O–H groups in total. The van der Waals surface area contributed by atoms with Gasteiger partial charge in [0.2, 0.25) is 6.79 Å². The monoisotopic (exact) mass is 292 g/mol. The van der Waals surface area contributed by atoms with Gasteiger partial charge in [0.1, 0.15) is 5.82 Å². The average molecular weight is 293 g/mol. The number of halogens is 1. The molecule has 102 valence electrons. The van der Waals surface area contributed by atoms with Gasteiger partial charge in [0.05, 0.1) is 5.02 Å². The van der Waals surface area contributed by atoms with Crippen LogP contribution in [0, 0.1) is 0 Å². The third-order valence-electron chi connectivity index (χ3n) is 2.69. The van der Waals surface area contributed by atoms with Crippen molar-refractivity contribution < 1.29 is 19.4 Å². The highest BCUT2D eigenvalue weighted by atomic mass is 35.5. The van der Waals surface area contributed by atoms with E-state index in [1.54, 1.807) is 24.3 Å². The van der Waals surface area contributed by atoms with E-state index in [9.17, 15) is 4.79 Å². The third kappa shape index (κ3) is 2.33. The number of carboxylic acids is 1. The molecule has 0 saturated carbocycles. The van der Waals surface area contributed by atoms with Crippen LogP contribution in [0.15, 0.2) is 30.3 Å². The van der Waals surface area contributed by atoms with Crippen molar-refractivity contribution in [2.24, 2.45) is 0 Å². The van der Waals surface area contributed by atoms with Gasteiger partial charge >= 0.3 is 5.97 Å². The Morgan fingerprint density at radius 3 is 2.85 bits per heavy atom. The standard InChI is InChI=1S/C13H9ClN2O4/c14-8-2-4-11(16-12(8)13(17)18)15-7-1-3-9-10(5-7)20-6-19-9/h1-5H,6H2,(H,15,16)(H,17,18). The number of anilines is 2. The Balaban J connectivity index is 1.88. The Hall–Kier alpha value is -2.47. The minimum Gasteiger partial charge on any atom is -0.476 e. The smallest absolute Gasteiger partial charge is 0.356 e. The maximum Gasteiger partial charge on any atom is 0.356 e. The molecule has 2 aromatic rings. The molecule has 7 heteroatoms. The Bertz CT molecular complexity index is 690. The number of ether oxygens (including phenoxy) is 2. The summed E-state index contributed by atoms with van der Waals surface area (Å²) in [6, 6.07) is 8.37. The first-order chi connectivity index (χ1) is 9.63. The Morgan fingerprint density at radius 2 is 2.05 bits per heavy atom. The summed E-state index contributed by atoms with van der Waals surface area (Å²) in [7, 11) is 0. The number of aromatic nitrogens is 1. The van der Waals surface area contributed by atoms with Crippen LogP contribution in [0.1, 0.15) is 10.5 Å². The van der Waals surface area contributed by atoms with E-state index in [2.05, 4.69) is 10.3 Å². The summed E-state index contributed by atoms with van der Waals surface area (Å²) in [5.41, 5.74) is 0.512. The summed E-state index contributed by atoms with van der Waals surface area (Å²) in [5, 5.41) is 12.1. The van der Waals surface area contributed by atoms with Crippen molar-refractivity contribution in [2.45, 2.75) is 0 Å². The molecule has 0 atom stereocenters. The van der Waals surface area contributed by atoms with E-state index >= 15 is 0 Å². The lowest BCUT2D eigenvalue weighted by molar-refractivity contribution is 0.0691. The van der Waals surface area contributed by atoms with Crippen LogP contribution in [-0.4, -0.2) is 22.9 Å². The molecule has 0 aliphatic carbocycles. The molecule has 2 heterocycles. The van der Waals surface area contributed by atoms with Crippen LogP contribution >= 0.6 is 11.6 Å². The molecular formula is C13H9ClN2O4. The van der Waals surface area contributed by atoms with Gasteiger partial charge in [-0.15, -0.1) is 0 Å². The quantitative estimate of drug-likeness (QED) is 0.905. The van der Waals surface area contributed by atoms with E-state index < -0.39 is 5.97 Å². The molecule has 1 aromatic carbocycles. The van der Waals surface area contributed by atoms with Gasteiger partial charge in [-0.1, -0.05) is 11.6 Å². The number of pyridine rings is 1. The maximum absolute atomic E-state index is 11.0. The number of nitrogens with zero attached hydrogens (tertiary/aromatic N) is 1. The van der Waals surface area contributed by atoms with Crippen molar-refractivity contribution in [2.75, 3.05) is 12.1 Å². The molecule has 0 radical (unpaired) electrons. The molecule has 0 saturated heterocycles. The first-order valence-electron chi connectivity index (χ1n) is 5.70. The summed E-state index contributed by atoms with van der Waals surface area (Å²) in [4.78, 5) is 14.9. The van der Waals surface area contributed by atoms with Crippen molar-refractivity contribution in [1.82, 2.24) is 4.98 Å². The van der Waals surface area contributed by atoms with Crippen LogP contribution in [0.2, 0.25) is 5.02 Å². The van der Waals surface area contributed by atoms with Crippen molar-refractivity contribution in [3.8, 4) is 11.5 Å². The molecule has 0 bridgehead atoms. The molecular weight excluding hydrogens is 284 g/mol. The van der Waals surface area contributed by atoms with Crippen molar-refractivity contribution in [1.29, 1.82) is 0 Å². The van der Waals surface area contributed by atoms with Crippen molar-refractivity contribution >= 4 is 29.1 Å². The minimum atomic E-state index is -1.18. The number of benzene rings is 1. The molecule has 1 aromatic heterocycles. The number of hydrogen-bond acceptors (Lipinski definition) is 5. The van der Waals surface area contributed by atoms with E-state index in [4.69, 9.17) is 26.2 Å². The van der Waals surface area contributed by atoms with E-state index in [0.717, 1.165) is 0 Å². The second-order valence-corrected chi connectivity index (χ2v) is 4.43. The number of fused-ring (bicyclic) bond motifs is 1. The number of rotatable bonds is 3. The normalized spacial score (nSPS) is 12.2. The third-order valence-corrected chi connectivity index (χ3v) is 3.00. The molecule has 1 aliphatic heterocycles. The van der Waals surface area contributed by atoms with Crippen LogP contribution in [0.3, 0.4) is 0 Å². The van der Waals surface area contributed by atoms with E-state index in [1.165, 1.54) is 6.07 Å². The van der Waals surface area contributed by atoms with Crippen molar-refractivity contribution in [3.05, 3.63) is 41.0 Å². The zero-order valence-corrected chi connectivity index (χ0v) is 10.8. The van der Waals surface area contributed by atoms with Crippen LogP contribution in [0.25, 0.3) is 0 Å². The predicted octanol–water partition coefficient (Wildman–Crippen LogP) is 2.91. The zero-order valence-electron chi connectivity index (χ0n) is 10.1. The topological polar surface area (TPSA) is 80.7 Å². The summed E-state index contributed by atoms with van der Waals surface area (Å²) in [6.45, 7) is 0.196. The molecule has 1 aliphatic rings. The van der Waals surface area contributed by atoms with Gasteiger partial charge in [0, 0.05) is 11.8 Å². The van der Waals surface area contributed by atoms with Gasteiger partial charge in [-0.05, 0) is 24.3 Å². The number of hydrogen-bond donors (Lipinski definition) is 2. The fraction of sp³-hybridized carbons (Fsp3) is 0.0769. The highest BCUT2D eigenvalue weighted by Gasteiger charge is 2.14. The van der Waals surface area contributed by atoms with Gasteiger partial charge in [-0.3, -0.25) is 0 Å². The molecule has 6 nitrogen and oxygen atoms in total. The molecule has 0 spiro atoms. The van der Waals surface area contributed by atoms with Crippen LogP contribution in [0.5, 0.6) is 11.5 Å². The Labute approximate surface area is 118 Å². The van der Waals surface area contributed by atoms with Gasteiger partial charge < -0.3 is 19.9 Å². The summed E-state index contributed by atoms with van der Waals surface area (Å²) in [6.07, 6.45) is 0. The maximum atomic E-state index is 11.0. The average Bonchev–Trinajstić information content (AvgIpc) is 2.88. The molecule has 0 unspecified atom stereocenters. The number of carboxylic acid groups (broad SMARTS) is 1. The van der Waals surface area contributed by atoms with Crippen LogP contribution in [-0.2, 0) is 0 Å². The molecule has 20 heavy (non-hydrogen) atoms. The second kappa shape index (κ2) is 4.90. The molecule has 0 amide bonds. The summed E-state index contributed by atoms with van der Waals surface area (Å²) in [5.74, 6) is 0.503. The minimum absolute atomic E-state index is 0.0914.